The number of carbonyl (C=O) groups is 5. The van der Waals surface area contributed by atoms with Crippen LogP contribution in [0, 0.1) is 12.8 Å². The molecule has 3 aromatic rings. The Morgan fingerprint density at radius 2 is 1.58 bits per heavy atom. The summed E-state index contributed by atoms with van der Waals surface area (Å²) in [4.78, 5) is 65.7. The number of para-hydroxylation sites is 1. The fourth-order valence-electron chi connectivity index (χ4n) is 4.91. The summed E-state index contributed by atoms with van der Waals surface area (Å²) < 4.78 is 0. The summed E-state index contributed by atoms with van der Waals surface area (Å²) in [5.74, 6) is -1.70. The number of benzene rings is 3. The number of rotatable bonds is 10. The fourth-order valence-corrected chi connectivity index (χ4v) is 4.91. The van der Waals surface area contributed by atoms with Gasteiger partial charge >= 0.3 is 12.0 Å². The number of fused-ring (bicyclic) bond motifs is 1. The molecule has 3 aromatic carbocycles. The molecule has 45 heavy (non-hydrogen) atoms. The minimum Gasteiger partial charge on any atom is -0.481 e. The second-order valence-electron chi connectivity index (χ2n) is 10.9. The first-order valence-corrected chi connectivity index (χ1v) is 15.1. The summed E-state index contributed by atoms with van der Waals surface area (Å²) in [5.41, 5.74) is 4.04. The number of urea groups is 1. The van der Waals surface area contributed by atoms with Crippen molar-refractivity contribution < 1.29 is 29.1 Å². The van der Waals surface area contributed by atoms with Gasteiger partial charge in [-0.1, -0.05) is 44.2 Å². The summed E-state index contributed by atoms with van der Waals surface area (Å²) in [6, 6.07) is 18.8. The van der Waals surface area contributed by atoms with Crippen LogP contribution in [0.4, 0.5) is 27.5 Å². The summed E-state index contributed by atoms with van der Waals surface area (Å²) in [5, 5.41) is 17.5. The van der Waals surface area contributed by atoms with Crippen molar-refractivity contribution in [2.45, 2.75) is 46.5 Å². The number of carboxylic acid groups (broad SMARTS) is 1. The second kappa shape index (κ2) is 15.0. The maximum atomic E-state index is 13.4. The second-order valence-corrected chi connectivity index (χ2v) is 10.9. The third kappa shape index (κ3) is 8.91. The lowest BCUT2D eigenvalue weighted by Gasteiger charge is -2.22. The highest BCUT2D eigenvalue weighted by atomic mass is 16.4. The number of aryl methyl sites for hydroxylation is 1. The van der Waals surface area contributed by atoms with Gasteiger partial charge in [-0.3, -0.25) is 19.2 Å². The van der Waals surface area contributed by atoms with E-state index in [1.165, 1.54) is 4.90 Å². The minimum atomic E-state index is -1.06. The summed E-state index contributed by atoms with van der Waals surface area (Å²) in [6.07, 6.45) is 1.81. The number of anilines is 4. The van der Waals surface area contributed by atoms with E-state index in [4.69, 9.17) is 5.11 Å². The van der Waals surface area contributed by atoms with Gasteiger partial charge in [-0.25, -0.2) is 4.79 Å². The molecule has 2 aliphatic rings. The molecule has 0 atom stereocenters. The number of amides is 5. The van der Waals surface area contributed by atoms with Gasteiger partial charge in [0.1, 0.15) is 6.54 Å². The van der Waals surface area contributed by atoms with Crippen LogP contribution in [0.2, 0.25) is 0 Å². The summed E-state index contributed by atoms with van der Waals surface area (Å²) in [6.45, 7) is 6.11. The minimum absolute atomic E-state index is 0.0533. The molecule has 1 aliphatic carbocycles. The van der Waals surface area contributed by atoms with E-state index >= 15 is 0 Å². The molecule has 0 aromatic heterocycles. The van der Waals surface area contributed by atoms with Crippen LogP contribution in [0.5, 0.6) is 0 Å². The Hall–Kier alpha value is -5.19. The fraction of sp³-hybridized carbons (Fsp3) is 0.324. The highest BCUT2D eigenvalue weighted by molar-refractivity contribution is 6.10. The van der Waals surface area contributed by atoms with Gasteiger partial charge in [-0.05, 0) is 73.2 Å². The van der Waals surface area contributed by atoms with Gasteiger partial charge in [-0.2, -0.15) is 0 Å². The van der Waals surface area contributed by atoms with Gasteiger partial charge < -0.3 is 30.9 Å². The third-order valence-electron chi connectivity index (χ3n) is 7.42. The zero-order chi connectivity index (χ0) is 32.5. The predicted octanol–water partition coefficient (Wildman–Crippen LogP) is 5.52. The van der Waals surface area contributed by atoms with E-state index < -0.39 is 11.9 Å². The van der Waals surface area contributed by atoms with Gasteiger partial charge in [0.2, 0.25) is 11.8 Å². The van der Waals surface area contributed by atoms with Gasteiger partial charge in [-0.15, -0.1) is 0 Å². The Morgan fingerprint density at radius 3 is 2.24 bits per heavy atom. The van der Waals surface area contributed by atoms with Crippen LogP contribution in [0.3, 0.4) is 0 Å². The largest absolute Gasteiger partial charge is 0.481 e. The smallest absolute Gasteiger partial charge is 0.323 e. The Morgan fingerprint density at radius 1 is 0.889 bits per heavy atom. The predicted molar refractivity (Wildman–Crippen MR) is 174 cm³/mol. The molecule has 0 radical (unpaired) electrons. The van der Waals surface area contributed by atoms with Crippen molar-refractivity contribution in [3.8, 4) is 0 Å². The maximum absolute atomic E-state index is 13.4. The molecule has 11 heteroatoms. The zero-order valence-corrected chi connectivity index (χ0v) is 25.8. The van der Waals surface area contributed by atoms with Crippen LogP contribution >= 0.6 is 0 Å². The monoisotopic (exact) mass is 613 g/mol. The van der Waals surface area contributed by atoms with Gasteiger partial charge in [0.25, 0.3) is 5.91 Å². The van der Waals surface area contributed by atoms with E-state index in [1.807, 2.05) is 45.0 Å². The van der Waals surface area contributed by atoms with Crippen LogP contribution in [0.25, 0.3) is 0 Å². The Balaban J connectivity index is 0.00000226. The Kier molecular flexibility index (Phi) is 10.9. The number of hydrogen-bond donors (Lipinski definition) is 4. The zero-order valence-electron chi connectivity index (χ0n) is 25.8. The highest BCUT2D eigenvalue weighted by Gasteiger charge is 2.35. The van der Waals surface area contributed by atoms with Crippen molar-refractivity contribution in [2.24, 2.45) is 5.92 Å². The number of carbonyl (C=O) groups excluding carboxylic acids is 4. The molecule has 0 bridgehead atoms. The Bertz CT molecular complexity index is 1570. The molecule has 0 spiro atoms. The van der Waals surface area contributed by atoms with Gasteiger partial charge in [0, 0.05) is 30.2 Å². The van der Waals surface area contributed by atoms with Crippen molar-refractivity contribution in [2.75, 3.05) is 40.5 Å². The molecule has 5 amide bonds. The van der Waals surface area contributed by atoms with E-state index in [9.17, 15) is 24.0 Å². The number of carboxylic acids is 1. The van der Waals surface area contributed by atoms with Crippen molar-refractivity contribution in [3.63, 3.8) is 0 Å². The number of hydrogen-bond acceptors (Lipinski definition) is 5. The maximum Gasteiger partial charge on any atom is 0.323 e. The summed E-state index contributed by atoms with van der Waals surface area (Å²) in [7, 11) is 0. The van der Waals surface area contributed by atoms with E-state index in [2.05, 4.69) is 16.0 Å². The van der Waals surface area contributed by atoms with Crippen LogP contribution in [0.15, 0.2) is 66.7 Å². The molecule has 1 heterocycles. The third-order valence-corrected chi connectivity index (χ3v) is 7.42. The average Bonchev–Trinajstić information content (AvgIpc) is 3.85. The molecule has 4 N–H and O–H groups in total. The standard InChI is InChI=1S/C32H33N5O6.C2H6/c1-20-4-2-3-5-26(20)35-32(43)34-23-10-8-21(9-11-23)16-28(38)33-24-12-13-27-25(17-24)31(42)36(15-14-30(40)41)19-29(39)37(27)18-22-6-7-22;1-2/h2-5,8-13,17,22H,6-7,14-16,18-19H2,1H3,(H,33,38)(H,40,41)(H2,34,35,43);1-2H3. The number of nitrogens with one attached hydrogen (secondary N) is 3. The quantitative estimate of drug-likeness (QED) is 0.237. The van der Waals surface area contributed by atoms with Crippen LogP contribution in [-0.2, 0) is 20.8 Å². The summed E-state index contributed by atoms with van der Waals surface area (Å²) >= 11 is 0. The molecule has 1 fully saturated rings. The molecule has 236 valence electrons. The lowest BCUT2D eigenvalue weighted by atomic mass is 10.1. The van der Waals surface area contributed by atoms with Crippen molar-refractivity contribution in [1.29, 1.82) is 0 Å². The molecular weight excluding hydrogens is 574 g/mol. The molecule has 1 saturated carbocycles. The van der Waals surface area contributed by atoms with Crippen LogP contribution in [-0.4, -0.2) is 59.4 Å². The molecule has 11 nitrogen and oxygen atoms in total. The normalized spacial score (nSPS) is 14.0. The molecule has 1 aliphatic heterocycles. The van der Waals surface area contributed by atoms with Gasteiger partial charge in [0.05, 0.1) is 24.1 Å². The number of aliphatic carboxylic acids is 1. The van der Waals surface area contributed by atoms with Crippen LogP contribution < -0.4 is 20.9 Å². The van der Waals surface area contributed by atoms with E-state index in [-0.39, 0.29) is 49.3 Å². The van der Waals surface area contributed by atoms with E-state index in [0.29, 0.717) is 40.8 Å². The van der Waals surface area contributed by atoms with Crippen molar-refractivity contribution in [1.82, 2.24) is 4.90 Å². The van der Waals surface area contributed by atoms with Gasteiger partial charge in [0.15, 0.2) is 0 Å². The first-order valence-electron chi connectivity index (χ1n) is 15.1. The lowest BCUT2D eigenvalue weighted by Crippen LogP contribution is -2.40. The molecule has 0 saturated heterocycles. The SMILES string of the molecule is CC.Cc1ccccc1NC(=O)Nc1ccc(CC(=O)Nc2ccc3c(c2)C(=O)N(CCC(=O)O)CC(=O)N3CC2CC2)cc1. The van der Waals surface area contributed by atoms with E-state index in [0.717, 1.165) is 18.4 Å². The first kappa shape index (κ1) is 32.7. The topological polar surface area (TPSA) is 148 Å². The van der Waals surface area contributed by atoms with E-state index in [1.54, 1.807) is 47.4 Å². The molecular formula is C34H39N5O6. The van der Waals surface area contributed by atoms with Crippen molar-refractivity contribution in [3.05, 3.63) is 83.4 Å². The first-order chi connectivity index (χ1) is 21.7. The van der Waals surface area contributed by atoms with Crippen molar-refractivity contribution >= 4 is 52.5 Å². The molecule has 5 rings (SSSR count). The highest BCUT2D eigenvalue weighted by Crippen LogP contribution is 2.35. The Labute approximate surface area is 262 Å². The van der Waals surface area contributed by atoms with Crippen LogP contribution in [0.1, 0.15) is 54.6 Å². The average molecular weight is 614 g/mol. The molecule has 0 unspecified atom stereocenters. The number of nitrogens with zero attached hydrogens (tertiary/aromatic N) is 2. The lowest BCUT2D eigenvalue weighted by molar-refractivity contribution is -0.137.